The van der Waals surface area contributed by atoms with E-state index in [1.807, 2.05) is 0 Å². The van der Waals surface area contributed by atoms with E-state index in [-0.39, 0.29) is 17.3 Å². The number of alkyl halides is 2. The second-order valence-electron chi connectivity index (χ2n) is 3.73. The maximum absolute atomic E-state index is 12.2. The minimum atomic E-state index is -3.77. The number of hydrogen-bond acceptors (Lipinski definition) is 4. The van der Waals surface area contributed by atoms with Gasteiger partial charge in [0.25, 0.3) is 10.0 Å². The molecule has 20 heavy (non-hydrogen) atoms. The Balaban J connectivity index is 2.12. The van der Waals surface area contributed by atoms with Crippen LogP contribution in [0.1, 0.15) is 5.56 Å². The van der Waals surface area contributed by atoms with Crippen molar-refractivity contribution in [2.45, 2.75) is 18.2 Å². The second kappa shape index (κ2) is 5.97. The summed E-state index contributed by atoms with van der Waals surface area (Å²) in [4.78, 5) is 0. The van der Waals surface area contributed by atoms with Gasteiger partial charge in [0, 0.05) is 12.1 Å². The third-order valence-electron chi connectivity index (χ3n) is 2.41. The summed E-state index contributed by atoms with van der Waals surface area (Å²) in [7, 11) is -3.77. The average Bonchev–Trinajstić information content (AvgIpc) is 2.92. The van der Waals surface area contributed by atoms with Crippen LogP contribution in [0.5, 0.6) is 5.75 Å². The molecule has 6 nitrogen and oxygen atoms in total. The Hall–Kier alpha value is -2.00. The minimum Gasteiger partial charge on any atom is -0.434 e. The number of benzene rings is 1. The van der Waals surface area contributed by atoms with Crippen molar-refractivity contribution >= 4 is 10.0 Å². The van der Waals surface area contributed by atoms with Crippen LogP contribution in [0.3, 0.4) is 0 Å². The summed E-state index contributed by atoms with van der Waals surface area (Å²) in [6.07, 6.45) is 1.29. The summed E-state index contributed by atoms with van der Waals surface area (Å²) in [5.41, 5.74) is 0.302. The molecule has 1 heterocycles. The highest BCUT2D eigenvalue weighted by molar-refractivity contribution is 7.89. The number of rotatable bonds is 6. The van der Waals surface area contributed by atoms with Crippen molar-refractivity contribution in [1.29, 1.82) is 0 Å². The number of nitrogens with zero attached hydrogens (tertiary/aromatic N) is 1. The number of hydrogen-bond donors (Lipinski definition) is 2. The van der Waals surface area contributed by atoms with Gasteiger partial charge in [-0.25, -0.2) is 13.1 Å². The fraction of sp³-hybridized carbons (Fsp3) is 0.182. The van der Waals surface area contributed by atoms with Crippen molar-refractivity contribution < 1.29 is 21.9 Å². The molecule has 2 N–H and O–H groups in total. The molecule has 0 bridgehead atoms. The summed E-state index contributed by atoms with van der Waals surface area (Å²) in [5, 5.41) is 5.73. The molecule has 2 aromatic rings. The molecule has 0 spiro atoms. The molecular weight excluding hydrogens is 292 g/mol. The summed E-state index contributed by atoms with van der Waals surface area (Å²) in [6.45, 7) is -3.15. The Morgan fingerprint density at radius 1 is 1.30 bits per heavy atom. The number of aromatic amines is 1. The second-order valence-corrected chi connectivity index (χ2v) is 5.47. The maximum Gasteiger partial charge on any atom is 0.387 e. The third-order valence-corrected chi connectivity index (χ3v) is 3.74. The lowest BCUT2D eigenvalue weighted by atomic mass is 10.2. The molecule has 0 aliphatic carbocycles. The molecule has 0 saturated carbocycles. The van der Waals surface area contributed by atoms with Gasteiger partial charge in [-0.1, -0.05) is 18.2 Å². The largest absolute Gasteiger partial charge is 0.434 e. The van der Waals surface area contributed by atoms with Crippen molar-refractivity contribution in [3.05, 3.63) is 42.1 Å². The zero-order valence-corrected chi connectivity index (χ0v) is 10.9. The fourth-order valence-corrected chi connectivity index (χ4v) is 2.42. The highest BCUT2D eigenvalue weighted by Crippen LogP contribution is 2.20. The van der Waals surface area contributed by atoms with E-state index < -0.39 is 16.6 Å². The van der Waals surface area contributed by atoms with Gasteiger partial charge in [-0.05, 0) is 12.1 Å². The van der Waals surface area contributed by atoms with Crippen LogP contribution in [0.2, 0.25) is 0 Å². The first-order valence-electron chi connectivity index (χ1n) is 5.51. The lowest BCUT2D eigenvalue weighted by Gasteiger charge is -2.11. The average molecular weight is 303 g/mol. The van der Waals surface area contributed by atoms with Crippen LogP contribution in [0, 0.1) is 0 Å². The van der Waals surface area contributed by atoms with Crippen LogP contribution in [0.4, 0.5) is 8.78 Å². The third kappa shape index (κ3) is 3.52. The normalized spacial score (nSPS) is 11.8. The molecule has 0 aliphatic rings. The van der Waals surface area contributed by atoms with Gasteiger partial charge in [-0.3, -0.25) is 5.10 Å². The molecule has 0 radical (unpaired) electrons. The van der Waals surface area contributed by atoms with E-state index in [9.17, 15) is 17.2 Å². The molecule has 0 saturated heterocycles. The molecular formula is C11H11F2N3O3S. The van der Waals surface area contributed by atoms with Gasteiger partial charge < -0.3 is 4.74 Å². The lowest BCUT2D eigenvalue weighted by molar-refractivity contribution is -0.0504. The van der Waals surface area contributed by atoms with E-state index in [0.717, 1.165) is 0 Å². The number of aromatic nitrogens is 2. The number of halogens is 2. The van der Waals surface area contributed by atoms with Gasteiger partial charge >= 0.3 is 6.61 Å². The summed E-state index contributed by atoms with van der Waals surface area (Å²) >= 11 is 0. The van der Waals surface area contributed by atoms with Gasteiger partial charge in [0.15, 0.2) is 5.03 Å². The van der Waals surface area contributed by atoms with Gasteiger partial charge in [0.05, 0.1) is 6.20 Å². The predicted octanol–water partition coefficient (Wildman–Crippen LogP) is 1.49. The molecule has 1 aromatic heterocycles. The van der Waals surface area contributed by atoms with Crippen LogP contribution in [0.15, 0.2) is 41.6 Å². The Bertz CT molecular complexity index is 659. The monoisotopic (exact) mass is 303 g/mol. The molecule has 108 valence electrons. The number of sulfonamides is 1. The van der Waals surface area contributed by atoms with Crippen molar-refractivity contribution in [2.75, 3.05) is 0 Å². The number of H-pyrrole nitrogens is 1. The number of para-hydroxylation sites is 1. The zero-order chi connectivity index (χ0) is 14.6. The Labute approximate surface area is 113 Å². The van der Waals surface area contributed by atoms with Crippen LogP contribution in [-0.2, 0) is 16.6 Å². The standard InChI is InChI=1S/C11H11F2N3O3S/c12-11(13)19-9-4-2-1-3-8(9)7-15-20(17,18)10-5-6-14-16-10/h1-6,11,15H,7H2,(H,14,16). The van der Waals surface area contributed by atoms with Crippen molar-refractivity contribution in [2.24, 2.45) is 0 Å². The Kier molecular flexibility index (Phi) is 4.30. The van der Waals surface area contributed by atoms with Gasteiger partial charge in [0.2, 0.25) is 0 Å². The predicted molar refractivity (Wildman–Crippen MR) is 65.7 cm³/mol. The topological polar surface area (TPSA) is 84.1 Å². The number of ether oxygens (including phenoxy) is 1. The highest BCUT2D eigenvalue weighted by atomic mass is 32.2. The van der Waals surface area contributed by atoms with Crippen LogP contribution in [-0.4, -0.2) is 25.2 Å². The summed E-state index contributed by atoms with van der Waals surface area (Å²) in [6, 6.07) is 7.23. The fourth-order valence-electron chi connectivity index (χ4n) is 1.50. The van der Waals surface area contributed by atoms with Gasteiger partial charge in [0.1, 0.15) is 5.75 Å². The summed E-state index contributed by atoms with van der Waals surface area (Å²) < 4.78 is 54.7. The van der Waals surface area contributed by atoms with E-state index in [1.54, 1.807) is 6.07 Å². The molecule has 0 aliphatic heterocycles. The van der Waals surface area contributed by atoms with Crippen LogP contribution < -0.4 is 9.46 Å². The molecule has 0 fully saturated rings. The first-order chi connectivity index (χ1) is 9.49. The van der Waals surface area contributed by atoms with E-state index >= 15 is 0 Å². The Morgan fingerprint density at radius 3 is 2.70 bits per heavy atom. The van der Waals surface area contributed by atoms with Gasteiger partial charge in [-0.2, -0.15) is 13.9 Å². The molecule has 0 atom stereocenters. The smallest absolute Gasteiger partial charge is 0.387 e. The van der Waals surface area contributed by atoms with Crippen LogP contribution in [0.25, 0.3) is 0 Å². The van der Waals surface area contributed by atoms with Crippen molar-refractivity contribution in [1.82, 2.24) is 14.9 Å². The zero-order valence-electron chi connectivity index (χ0n) is 10.1. The molecule has 2 rings (SSSR count). The van der Waals surface area contributed by atoms with E-state index in [4.69, 9.17) is 0 Å². The maximum atomic E-state index is 12.2. The summed E-state index contributed by atoms with van der Waals surface area (Å²) in [5.74, 6) is -0.0742. The number of nitrogens with one attached hydrogen (secondary N) is 2. The highest BCUT2D eigenvalue weighted by Gasteiger charge is 2.16. The van der Waals surface area contributed by atoms with E-state index in [1.165, 1.54) is 30.5 Å². The van der Waals surface area contributed by atoms with Crippen molar-refractivity contribution in [3.63, 3.8) is 0 Å². The van der Waals surface area contributed by atoms with Crippen LogP contribution >= 0.6 is 0 Å². The molecule has 0 amide bonds. The molecule has 0 unspecified atom stereocenters. The van der Waals surface area contributed by atoms with E-state index in [0.29, 0.717) is 5.56 Å². The lowest BCUT2D eigenvalue weighted by Crippen LogP contribution is -2.24. The van der Waals surface area contributed by atoms with E-state index in [2.05, 4.69) is 19.7 Å². The van der Waals surface area contributed by atoms with Gasteiger partial charge in [-0.15, -0.1) is 0 Å². The molecule has 9 heteroatoms. The quantitative estimate of drug-likeness (QED) is 0.847. The molecule has 1 aromatic carbocycles. The SMILES string of the molecule is O=S(=O)(NCc1ccccc1OC(F)F)c1ccn[nH]1. The first kappa shape index (κ1) is 14.4. The minimum absolute atomic E-state index is 0.0742. The van der Waals surface area contributed by atoms with Crippen molar-refractivity contribution in [3.8, 4) is 5.75 Å². The Morgan fingerprint density at radius 2 is 2.05 bits per heavy atom. The first-order valence-corrected chi connectivity index (χ1v) is 6.99.